The summed E-state index contributed by atoms with van der Waals surface area (Å²) < 4.78 is 41.5. The van der Waals surface area contributed by atoms with Crippen LogP contribution in [0, 0.1) is 5.41 Å². The molecule has 3 aromatic rings. The third-order valence-electron chi connectivity index (χ3n) is 6.39. The van der Waals surface area contributed by atoms with Crippen molar-refractivity contribution in [3.8, 4) is 0 Å². The van der Waals surface area contributed by atoms with Crippen LogP contribution in [0.3, 0.4) is 0 Å². The lowest BCUT2D eigenvalue weighted by atomic mass is 9.88. The molecule has 8 heteroatoms. The molecule has 174 valence electrons. The zero-order chi connectivity index (χ0) is 23.6. The number of nitrogens with zero attached hydrogens (tertiary/aromatic N) is 2. The Bertz CT molecular complexity index is 1150. The third-order valence-corrected chi connectivity index (χ3v) is 6.39. The van der Waals surface area contributed by atoms with Crippen LogP contribution < -0.4 is 5.32 Å². The van der Waals surface area contributed by atoms with E-state index in [0.717, 1.165) is 22.5 Å². The number of aromatic amines is 1. The molecule has 5 nitrogen and oxygen atoms in total. The summed E-state index contributed by atoms with van der Waals surface area (Å²) in [6.07, 6.45) is -0.818. The van der Waals surface area contributed by atoms with Crippen molar-refractivity contribution in [2.24, 2.45) is 5.41 Å². The molecule has 4 rings (SSSR count). The summed E-state index contributed by atoms with van der Waals surface area (Å²) in [7, 11) is 3.84. The van der Waals surface area contributed by atoms with E-state index in [1.807, 2.05) is 37.2 Å². The van der Waals surface area contributed by atoms with Crippen LogP contribution >= 0.6 is 0 Å². The first-order chi connectivity index (χ1) is 15.7. The minimum atomic E-state index is -4.40. The number of halogens is 3. The van der Waals surface area contributed by atoms with Crippen LogP contribution in [0.25, 0.3) is 16.5 Å². The lowest BCUT2D eigenvalue weighted by Crippen LogP contribution is -2.41. The second kappa shape index (κ2) is 9.02. The molecule has 1 saturated carbocycles. The molecule has 0 radical (unpaired) electrons. The van der Waals surface area contributed by atoms with Crippen molar-refractivity contribution in [2.45, 2.75) is 31.5 Å². The van der Waals surface area contributed by atoms with Crippen molar-refractivity contribution in [3.05, 3.63) is 71.9 Å². The molecule has 33 heavy (non-hydrogen) atoms. The van der Waals surface area contributed by atoms with Crippen molar-refractivity contribution in [1.29, 1.82) is 0 Å². The van der Waals surface area contributed by atoms with Crippen LogP contribution in [0.5, 0.6) is 0 Å². The lowest BCUT2D eigenvalue weighted by molar-refractivity contribution is -0.168. The number of aromatic nitrogens is 2. The Morgan fingerprint density at radius 3 is 2.58 bits per heavy atom. The maximum absolute atomic E-state index is 13.8. The van der Waals surface area contributed by atoms with Gasteiger partial charge in [0.2, 0.25) is 5.91 Å². The predicted octanol–water partition coefficient (Wildman–Crippen LogP) is 4.58. The standard InChI is InChI=1S/C25H27F3N4O/c1-32(2)20(13-17-8-9-22-19(12-17)15-30-31-22)16-29-23(33)14-21(18-6-4-3-5-7-18)24(10-11-24)25(26,27)28/h3-9,12,14-15,20H,10-11,13,16H2,1-2H3,(H,29,33)(H,30,31)/t20-/m0/s1. The number of hydrogen-bond donors (Lipinski definition) is 2. The molecule has 1 heterocycles. The van der Waals surface area contributed by atoms with E-state index in [0.29, 0.717) is 18.5 Å². The van der Waals surface area contributed by atoms with Gasteiger partial charge in [0, 0.05) is 24.0 Å². The first kappa shape index (κ1) is 23.0. The van der Waals surface area contributed by atoms with Gasteiger partial charge in [-0.15, -0.1) is 0 Å². The zero-order valence-corrected chi connectivity index (χ0v) is 18.6. The van der Waals surface area contributed by atoms with Crippen LogP contribution in [0.4, 0.5) is 13.2 Å². The SMILES string of the molecule is CN(C)[C@H](CNC(=O)C=C(c1ccccc1)C1(C(F)(F)F)CC1)Cc1ccc2[nH]ncc2c1. The highest BCUT2D eigenvalue weighted by Gasteiger charge is 2.65. The van der Waals surface area contributed by atoms with Gasteiger partial charge in [-0.05, 0) is 62.2 Å². The van der Waals surface area contributed by atoms with Gasteiger partial charge in [0.15, 0.2) is 0 Å². The molecule has 2 aromatic carbocycles. The quantitative estimate of drug-likeness (QED) is 0.488. The summed E-state index contributed by atoms with van der Waals surface area (Å²) in [6.45, 7) is 0.312. The van der Waals surface area contributed by atoms with Gasteiger partial charge in [0.05, 0.1) is 17.1 Å². The van der Waals surface area contributed by atoms with E-state index in [1.54, 1.807) is 36.5 Å². The number of allylic oxidation sites excluding steroid dienone is 1. The van der Waals surface area contributed by atoms with Crippen molar-refractivity contribution in [2.75, 3.05) is 20.6 Å². The Balaban J connectivity index is 1.50. The molecule has 0 unspecified atom stereocenters. The number of rotatable bonds is 8. The second-order valence-corrected chi connectivity index (χ2v) is 8.86. The van der Waals surface area contributed by atoms with Gasteiger partial charge in [0.1, 0.15) is 0 Å². The van der Waals surface area contributed by atoms with Gasteiger partial charge in [-0.25, -0.2) is 0 Å². The summed E-state index contributed by atoms with van der Waals surface area (Å²) in [5.74, 6) is -0.512. The molecule has 1 atom stereocenters. The Kier molecular flexibility index (Phi) is 6.30. The third kappa shape index (κ3) is 4.95. The molecule has 0 spiro atoms. The normalized spacial score (nSPS) is 16.7. The first-order valence-electron chi connectivity index (χ1n) is 10.9. The summed E-state index contributed by atoms with van der Waals surface area (Å²) in [5, 5.41) is 10.8. The van der Waals surface area contributed by atoms with Gasteiger partial charge < -0.3 is 10.2 Å². The van der Waals surface area contributed by atoms with Crippen molar-refractivity contribution < 1.29 is 18.0 Å². The van der Waals surface area contributed by atoms with E-state index in [4.69, 9.17) is 0 Å². The van der Waals surface area contributed by atoms with Crippen LogP contribution in [0.1, 0.15) is 24.0 Å². The maximum atomic E-state index is 13.8. The fraction of sp³-hybridized carbons (Fsp3) is 0.360. The highest BCUT2D eigenvalue weighted by molar-refractivity contribution is 5.97. The number of amides is 1. The molecule has 1 aromatic heterocycles. The Morgan fingerprint density at radius 1 is 1.21 bits per heavy atom. The molecule has 1 aliphatic carbocycles. The molecule has 2 N–H and O–H groups in total. The van der Waals surface area contributed by atoms with Gasteiger partial charge in [0.25, 0.3) is 0 Å². The van der Waals surface area contributed by atoms with E-state index in [-0.39, 0.29) is 24.5 Å². The number of hydrogen-bond acceptors (Lipinski definition) is 3. The number of carbonyl (C=O) groups excluding carboxylic acids is 1. The highest BCUT2D eigenvalue weighted by Crippen LogP contribution is 2.64. The van der Waals surface area contributed by atoms with Crippen LogP contribution in [0.2, 0.25) is 0 Å². The van der Waals surface area contributed by atoms with E-state index >= 15 is 0 Å². The fourth-order valence-electron chi connectivity index (χ4n) is 4.18. The average Bonchev–Trinajstić information content (AvgIpc) is 3.47. The van der Waals surface area contributed by atoms with Gasteiger partial charge >= 0.3 is 6.18 Å². The largest absolute Gasteiger partial charge is 0.398 e. The summed E-state index contributed by atoms with van der Waals surface area (Å²) in [5.41, 5.74) is 0.573. The predicted molar refractivity (Wildman–Crippen MR) is 122 cm³/mol. The van der Waals surface area contributed by atoms with Crippen LogP contribution in [0.15, 0.2) is 60.8 Å². The van der Waals surface area contributed by atoms with E-state index < -0.39 is 17.5 Å². The molecule has 1 aliphatic rings. The van der Waals surface area contributed by atoms with Crippen molar-refractivity contribution >= 4 is 22.4 Å². The number of H-pyrrole nitrogens is 1. The summed E-state index contributed by atoms with van der Waals surface area (Å²) >= 11 is 0. The average molecular weight is 457 g/mol. The van der Waals surface area contributed by atoms with Gasteiger partial charge in [-0.1, -0.05) is 36.4 Å². The minimum absolute atomic E-state index is 0.00131. The van der Waals surface area contributed by atoms with Crippen molar-refractivity contribution in [1.82, 2.24) is 20.4 Å². The molecular formula is C25H27F3N4O. The number of nitrogens with one attached hydrogen (secondary N) is 2. The van der Waals surface area contributed by atoms with Gasteiger partial charge in [-0.2, -0.15) is 18.3 Å². The van der Waals surface area contributed by atoms with E-state index in [1.165, 1.54) is 0 Å². The smallest absolute Gasteiger partial charge is 0.351 e. The monoisotopic (exact) mass is 456 g/mol. The molecule has 0 bridgehead atoms. The molecule has 1 amide bonds. The number of fused-ring (bicyclic) bond motifs is 1. The van der Waals surface area contributed by atoms with Gasteiger partial charge in [-0.3, -0.25) is 9.89 Å². The summed E-state index contributed by atoms with van der Waals surface area (Å²) in [4.78, 5) is 14.8. The molecular weight excluding hydrogens is 429 g/mol. The first-order valence-corrected chi connectivity index (χ1v) is 10.9. The Hall–Kier alpha value is -3.13. The Labute approximate surface area is 190 Å². The van der Waals surface area contributed by atoms with E-state index in [9.17, 15) is 18.0 Å². The number of benzene rings is 2. The minimum Gasteiger partial charge on any atom is -0.351 e. The fourth-order valence-corrected chi connectivity index (χ4v) is 4.18. The second-order valence-electron chi connectivity index (χ2n) is 8.86. The maximum Gasteiger partial charge on any atom is 0.398 e. The van der Waals surface area contributed by atoms with Crippen LogP contribution in [-0.2, 0) is 11.2 Å². The van der Waals surface area contributed by atoms with E-state index in [2.05, 4.69) is 15.5 Å². The molecule has 0 saturated heterocycles. The Morgan fingerprint density at radius 2 is 1.94 bits per heavy atom. The summed E-state index contributed by atoms with van der Waals surface area (Å²) in [6, 6.07) is 14.4. The molecule has 1 fully saturated rings. The topological polar surface area (TPSA) is 61.0 Å². The molecule has 0 aliphatic heterocycles. The number of likely N-dealkylation sites (N-methyl/N-ethyl adjacent to an activating group) is 1. The highest BCUT2D eigenvalue weighted by atomic mass is 19.4. The van der Waals surface area contributed by atoms with Crippen LogP contribution in [-0.4, -0.2) is 53.9 Å². The lowest BCUT2D eigenvalue weighted by Gasteiger charge is -2.25. The number of carbonyl (C=O) groups is 1. The zero-order valence-electron chi connectivity index (χ0n) is 18.6. The van der Waals surface area contributed by atoms with Crippen molar-refractivity contribution in [3.63, 3.8) is 0 Å². The number of alkyl halides is 3.